The highest BCUT2D eigenvalue weighted by atomic mass is 16.5. The Balaban J connectivity index is 5.18. The number of esters is 2. The number of rotatable bonds is 8. The molecule has 4 nitrogen and oxygen atoms in total. The van der Waals surface area contributed by atoms with Crippen LogP contribution < -0.4 is 0 Å². The van der Waals surface area contributed by atoms with Gasteiger partial charge in [-0.2, -0.15) is 0 Å². The van der Waals surface area contributed by atoms with Gasteiger partial charge in [-0.1, -0.05) is 34.6 Å². The molecule has 110 valence electrons. The lowest BCUT2D eigenvalue weighted by Crippen LogP contribution is -2.20. The van der Waals surface area contributed by atoms with E-state index < -0.39 is 11.9 Å². The molecule has 0 radical (unpaired) electrons. The van der Waals surface area contributed by atoms with Gasteiger partial charge in [0.25, 0.3) is 0 Å². The van der Waals surface area contributed by atoms with E-state index in [-0.39, 0.29) is 5.92 Å². The van der Waals surface area contributed by atoms with Gasteiger partial charge in [0.15, 0.2) is 0 Å². The standard InChI is InChI=1S/C15H26O4/c1-6-9-18-14(16)12(8-3)13(11(4)5)15(17)19-10-7-2/h11H,6-10H2,1-5H3/b13-12-. The molecular formula is C15H26O4. The van der Waals surface area contributed by atoms with E-state index in [1.807, 2.05) is 34.6 Å². The van der Waals surface area contributed by atoms with Gasteiger partial charge < -0.3 is 9.47 Å². The highest BCUT2D eigenvalue weighted by Crippen LogP contribution is 2.20. The molecule has 0 spiro atoms. The van der Waals surface area contributed by atoms with Gasteiger partial charge in [0, 0.05) is 5.57 Å². The van der Waals surface area contributed by atoms with Crippen LogP contribution in [0.1, 0.15) is 53.9 Å². The molecule has 0 unspecified atom stereocenters. The molecular weight excluding hydrogens is 244 g/mol. The van der Waals surface area contributed by atoms with E-state index in [4.69, 9.17) is 9.47 Å². The van der Waals surface area contributed by atoms with E-state index in [0.717, 1.165) is 12.8 Å². The number of ether oxygens (including phenoxy) is 2. The summed E-state index contributed by atoms with van der Waals surface area (Å²) < 4.78 is 10.3. The number of carbonyl (C=O) groups excluding carboxylic acids is 2. The van der Waals surface area contributed by atoms with Gasteiger partial charge >= 0.3 is 11.9 Å². The number of hydrogen-bond acceptors (Lipinski definition) is 4. The normalized spacial score (nSPS) is 12.1. The molecule has 0 heterocycles. The topological polar surface area (TPSA) is 52.6 Å². The Labute approximate surface area is 116 Å². The first-order valence-electron chi connectivity index (χ1n) is 7.06. The second-order valence-corrected chi connectivity index (χ2v) is 4.67. The fraction of sp³-hybridized carbons (Fsp3) is 0.733. The molecule has 0 aromatic rings. The quantitative estimate of drug-likeness (QED) is 0.502. The van der Waals surface area contributed by atoms with Crippen molar-refractivity contribution in [1.82, 2.24) is 0 Å². The average molecular weight is 270 g/mol. The van der Waals surface area contributed by atoms with Crippen LogP contribution in [0.2, 0.25) is 0 Å². The smallest absolute Gasteiger partial charge is 0.334 e. The van der Waals surface area contributed by atoms with Gasteiger partial charge in [-0.3, -0.25) is 0 Å². The summed E-state index contributed by atoms with van der Waals surface area (Å²) in [6.07, 6.45) is 2.00. The van der Waals surface area contributed by atoms with Crippen LogP contribution in [0.4, 0.5) is 0 Å². The van der Waals surface area contributed by atoms with Crippen molar-refractivity contribution in [3.63, 3.8) is 0 Å². The molecule has 0 bridgehead atoms. The average Bonchev–Trinajstić information content (AvgIpc) is 2.38. The lowest BCUT2D eigenvalue weighted by atomic mass is 9.95. The highest BCUT2D eigenvalue weighted by molar-refractivity contribution is 6.00. The van der Waals surface area contributed by atoms with E-state index in [0.29, 0.717) is 30.8 Å². The van der Waals surface area contributed by atoms with Crippen LogP contribution in [0.3, 0.4) is 0 Å². The predicted octanol–water partition coefficient (Wildman–Crippen LogP) is 3.26. The van der Waals surface area contributed by atoms with Crippen molar-refractivity contribution in [3.05, 3.63) is 11.1 Å². The molecule has 0 saturated carbocycles. The van der Waals surface area contributed by atoms with Gasteiger partial charge in [0.05, 0.1) is 18.8 Å². The Hall–Kier alpha value is -1.32. The van der Waals surface area contributed by atoms with E-state index in [1.54, 1.807) is 0 Å². The minimum atomic E-state index is -0.401. The fourth-order valence-corrected chi connectivity index (χ4v) is 1.71. The van der Waals surface area contributed by atoms with Gasteiger partial charge in [-0.15, -0.1) is 0 Å². The van der Waals surface area contributed by atoms with Gasteiger partial charge in [-0.05, 0) is 25.2 Å². The van der Waals surface area contributed by atoms with Crippen molar-refractivity contribution >= 4 is 11.9 Å². The van der Waals surface area contributed by atoms with Crippen LogP contribution in [0.25, 0.3) is 0 Å². The first-order valence-corrected chi connectivity index (χ1v) is 7.06. The van der Waals surface area contributed by atoms with Crippen molar-refractivity contribution in [2.45, 2.75) is 53.9 Å². The van der Waals surface area contributed by atoms with Crippen LogP contribution in [-0.4, -0.2) is 25.2 Å². The fourth-order valence-electron chi connectivity index (χ4n) is 1.71. The van der Waals surface area contributed by atoms with E-state index in [1.165, 1.54) is 0 Å². The molecule has 0 saturated heterocycles. The summed E-state index contributed by atoms with van der Waals surface area (Å²) in [5.41, 5.74) is 0.876. The van der Waals surface area contributed by atoms with Crippen molar-refractivity contribution < 1.29 is 19.1 Å². The maximum absolute atomic E-state index is 12.0. The molecule has 0 aromatic heterocycles. The second-order valence-electron chi connectivity index (χ2n) is 4.67. The minimum Gasteiger partial charge on any atom is -0.462 e. The summed E-state index contributed by atoms with van der Waals surface area (Å²) in [5, 5.41) is 0. The van der Waals surface area contributed by atoms with Crippen LogP contribution in [0, 0.1) is 5.92 Å². The van der Waals surface area contributed by atoms with E-state index in [2.05, 4.69) is 0 Å². The lowest BCUT2D eigenvalue weighted by Gasteiger charge is -2.15. The second kappa shape index (κ2) is 9.59. The van der Waals surface area contributed by atoms with Crippen molar-refractivity contribution in [3.8, 4) is 0 Å². The molecule has 0 N–H and O–H groups in total. The Morgan fingerprint density at radius 2 is 1.37 bits per heavy atom. The third kappa shape index (κ3) is 5.90. The highest BCUT2D eigenvalue weighted by Gasteiger charge is 2.24. The van der Waals surface area contributed by atoms with Crippen molar-refractivity contribution in [1.29, 1.82) is 0 Å². The molecule has 0 amide bonds. The van der Waals surface area contributed by atoms with E-state index in [9.17, 15) is 9.59 Å². The molecule has 0 fully saturated rings. The lowest BCUT2D eigenvalue weighted by molar-refractivity contribution is -0.142. The van der Waals surface area contributed by atoms with Crippen molar-refractivity contribution in [2.75, 3.05) is 13.2 Å². The molecule has 0 atom stereocenters. The summed E-state index contributed by atoms with van der Waals surface area (Å²) in [6, 6.07) is 0. The minimum absolute atomic E-state index is 0.0616. The van der Waals surface area contributed by atoms with Crippen LogP contribution >= 0.6 is 0 Å². The summed E-state index contributed by atoms with van der Waals surface area (Å²) in [7, 11) is 0. The predicted molar refractivity (Wildman–Crippen MR) is 74.7 cm³/mol. The van der Waals surface area contributed by atoms with E-state index >= 15 is 0 Å². The Bertz CT molecular complexity index is 329. The van der Waals surface area contributed by atoms with Crippen LogP contribution in [0.15, 0.2) is 11.1 Å². The van der Waals surface area contributed by atoms with Gasteiger partial charge in [0.2, 0.25) is 0 Å². The zero-order valence-corrected chi connectivity index (χ0v) is 12.7. The molecule has 0 aliphatic carbocycles. The maximum atomic E-state index is 12.0. The monoisotopic (exact) mass is 270 g/mol. The van der Waals surface area contributed by atoms with Crippen molar-refractivity contribution in [2.24, 2.45) is 5.92 Å². The molecule has 0 aliphatic rings. The number of hydrogen-bond donors (Lipinski definition) is 0. The Morgan fingerprint density at radius 3 is 1.74 bits per heavy atom. The first-order chi connectivity index (χ1) is 8.99. The zero-order chi connectivity index (χ0) is 14.8. The molecule has 0 aliphatic heterocycles. The SMILES string of the molecule is CCCOC(=O)/C(CC)=C(\C(=O)OCCC)C(C)C. The first kappa shape index (κ1) is 17.7. The summed E-state index contributed by atoms with van der Waals surface area (Å²) in [4.78, 5) is 24.0. The third-order valence-corrected chi connectivity index (χ3v) is 2.60. The summed E-state index contributed by atoms with van der Waals surface area (Å²) in [6.45, 7) is 10.2. The third-order valence-electron chi connectivity index (χ3n) is 2.60. The summed E-state index contributed by atoms with van der Waals surface area (Å²) >= 11 is 0. The zero-order valence-electron chi connectivity index (χ0n) is 12.7. The maximum Gasteiger partial charge on any atom is 0.334 e. The molecule has 4 heteroatoms. The number of carbonyl (C=O) groups is 2. The van der Waals surface area contributed by atoms with Gasteiger partial charge in [0.1, 0.15) is 0 Å². The Kier molecular flexibility index (Phi) is 8.92. The molecule has 0 rings (SSSR count). The largest absolute Gasteiger partial charge is 0.462 e. The molecule has 19 heavy (non-hydrogen) atoms. The summed E-state index contributed by atoms with van der Waals surface area (Å²) in [5.74, 6) is -0.864. The molecule has 0 aromatic carbocycles. The Morgan fingerprint density at radius 1 is 0.895 bits per heavy atom. The van der Waals surface area contributed by atoms with Crippen LogP contribution in [0.5, 0.6) is 0 Å². The van der Waals surface area contributed by atoms with Gasteiger partial charge in [-0.25, -0.2) is 9.59 Å². The van der Waals surface area contributed by atoms with Crippen LogP contribution in [-0.2, 0) is 19.1 Å².